The average Bonchev–Trinajstić information content (AvgIpc) is 2.75. The van der Waals surface area contributed by atoms with Gasteiger partial charge < -0.3 is 10.1 Å². The molecule has 0 spiro atoms. The minimum atomic E-state index is -0.513. The molecule has 0 aliphatic rings. The minimum Gasteiger partial charge on any atom is -0.489 e. The summed E-state index contributed by atoms with van der Waals surface area (Å²) < 4.78 is 5.72. The summed E-state index contributed by atoms with van der Waals surface area (Å²) in [6, 6.07) is 23.8. The number of hydrazone groups is 1. The molecule has 3 rings (SSSR count). The monoisotopic (exact) mass is 421 g/mol. The third-order valence-electron chi connectivity index (χ3n) is 3.98. The highest BCUT2D eigenvalue weighted by Crippen LogP contribution is 2.14. The summed E-state index contributed by atoms with van der Waals surface area (Å²) in [5.41, 5.74) is 4.77. The van der Waals surface area contributed by atoms with Crippen LogP contribution in [0, 0.1) is 0 Å². The number of rotatable bonds is 8. The van der Waals surface area contributed by atoms with E-state index in [2.05, 4.69) is 15.8 Å². The Morgan fingerprint density at radius 2 is 1.60 bits per heavy atom. The number of ether oxygens (including phenoxy) is 1. The van der Waals surface area contributed by atoms with Gasteiger partial charge in [-0.05, 0) is 59.7 Å². The Labute approximate surface area is 179 Å². The molecule has 3 aromatic carbocycles. The van der Waals surface area contributed by atoms with Crippen molar-refractivity contribution in [2.75, 3.05) is 5.32 Å². The predicted octanol–water partition coefficient (Wildman–Crippen LogP) is 4.40. The van der Waals surface area contributed by atoms with E-state index in [-0.39, 0.29) is 6.42 Å². The van der Waals surface area contributed by atoms with E-state index in [0.717, 1.165) is 16.9 Å². The summed E-state index contributed by atoms with van der Waals surface area (Å²) in [7, 11) is 0. The molecule has 0 fully saturated rings. The summed E-state index contributed by atoms with van der Waals surface area (Å²) >= 11 is 5.79. The molecule has 0 aliphatic heterocycles. The molecule has 0 atom stereocenters. The lowest BCUT2D eigenvalue weighted by Crippen LogP contribution is -2.24. The quantitative estimate of drug-likeness (QED) is 0.321. The molecule has 30 heavy (non-hydrogen) atoms. The largest absolute Gasteiger partial charge is 0.489 e. The van der Waals surface area contributed by atoms with Crippen molar-refractivity contribution in [2.24, 2.45) is 5.10 Å². The van der Waals surface area contributed by atoms with Crippen LogP contribution in [0.1, 0.15) is 17.5 Å². The van der Waals surface area contributed by atoms with Gasteiger partial charge in [-0.3, -0.25) is 9.59 Å². The molecule has 0 unspecified atom stereocenters. The second-order valence-corrected chi connectivity index (χ2v) is 6.80. The van der Waals surface area contributed by atoms with Crippen LogP contribution in [0.2, 0.25) is 5.02 Å². The topological polar surface area (TPSA) is 79.8 Å². The number of nitrogens with zero attached hydrogens (tertiary/aromatic N) is 1. The first-order valence-electron chi connectivity index (χ1n) is 9.22. The number of carbonyl (C=O) groups is 2. The van der Waals surface area contributed by atoms with Gasteiger partial charge in [0.1, 0.15) is 18.8 Å². The number of amides is 2. The van der Waals surface area contributed by atoms with Gasteiger partial charge in [-0.1, -0.05) is 41.9 Å². The smallest absolute Gasteiger partial charge is 0.249 e. The fraction of sp³-hybridized carbons (Fsp3) is 0.0870. The van der Waals surface area contributed by atoms with Crippen molar-refractivity contribution in [2.45, 2.75) is 13.0 Å². The number of hydrogen-bond acceptors (Lipinski definition) is 4. The Kier molecular flexibility index (Phi) is 7.58. The average molecular weight is 422 g/mol. The zero-order valence-electron chi connectivity index (χ0n) is 16.0. The molecule has 0 saturated carbocycles. The van der Waals surface area contributed by atoms with Crippen LogP contribution >= 0.6 is 11.6 Å². The third-order valence-corrected chi connectivity index (χ3v) is 4.23. The summed E-state index contributed by atoms with van der Waals surface area (Å²) in [6.45, 7) is 0.489. The first-order valence-corrected chi connectivity index (χ1v) is 9.60. The summed E-state index contributed by atoms with van der Waals surface area (Å²) in [5, 5.41) is 7.05. The SMILES string of the molecule is O=C(CC(=O)Nc1ccc(Cl)cc1)NN=Cc1ccc(OCc2ccccc2)cc1. The maximum Gasteiger partial charge on any atom is 0.249 e. The normalized spacial score (nSPS) is 10.6. The highest BCUT2D eigenvalue weighted by atomic mass is 35.5. The van der Waals surface area contributed by atoms with E-state index in [0.29, 0.717) is 17.3 Å². The lowest BCUT2D eigenvalue weighted by atomic mass is 10.2. The van der Waals surface area contributed by atoms with E-state index >= 15 is 0 Å². The van der Waals surface area contributed by atoms with Crippen molar-refractivity contribution in [1.29, 1.82) is 0 Å². The van der Waals surface area contributed by atoms with Crippen molar-refractivity contribution >= 4 is 35.3 Å². The molecular formula is C23H20ClN3O3. The summed E-state index contributed by atoms with van der Waals surface area (Å²) in [6.07, 6.45) is 1.15. The Balaban J connectivity index is 1.41. The molecule has 0 aliphatic carbocycles. The number of benzene rings is 3. The van der Waals surface area contributed by atoms with E-state index in [4.69, 9.17) is 16.3 Å². The second-order valence-electron chi connectivity index (χ2n) is 6.37. The second kappa shape index (κ2) is 10.8. The van der Waals surface area contributed by atoms with Gasteiger partial charge in [0.15, 0.2) is 0 Å². The molecule has 2 amide bonds. The number of halogens is 1. The van der Waals surface area contributed by atoms with E-state index in [9.17, 15) is 9.59 Å². The van der Waals surface area contributed by atoms with Crippen LogP contribution < -0.4 is 15.5 Å². The molecule has 2 N–H and O–H groups in total. The molecule has 6 nitrogen and oxygen atoms in total. The fourth-order valence-corrected chi connectivity index (χ4v) is 2.62. The highest BCUT2D eigenvalue weighted by molar-refractivity contribution is 6.30. The van der Waals surface area contributed by atoms with Gasteiger partial charge in [-0.15, -0.1) is 0 Å². The van der Waals surface area contributed by atoms with Crippen LogP contribution in [-0.2, 0) is 16.2 Å². The van der Waals surface area contributed by atoms with Gasteiger partial charge in [-0.2, -0.15) is 5.10 Å². The summed E-state index contributed by atoms with van der Waals surface area (Å²) in [5.74, 6) is -0.218. The van der Waals surface area contributed by atoms with E-state index in [1.165, 1.54) is 6.21 Å². The molecule has 0 aromatic heterocycles. The standard InChI is InChI=1S/C23H20ClN3O3/c24-19-8-10-20(11-9-19)26-22(28)14-23(29)27-25-15-17-6-12-21(13-7-17)30-16-18-4-2-1-3-5-18/h1-13,15H,14,16H2,(H,26,28)(H,27,29). The van der Waals surface area contributed by atoms with Crippen LogP contribution in [0.5, 0.6) is 5.75 Å². The molecule has 152 valence electrons. The molecule has 0 radical (unpaired) electrons. The lowest BCUT2D eigenvalue weighted by molar-refractivity contribution is -0.126. The van der Waals surface area contributed by atoms with Gasteiger partial charge in [0.25, 0.3) is 0 Å². The van der Waals surface area contributed by atoms with Crippen molar-refractivity contribution in [1.82, 2.24) is 5.43 Å². The van der Waals surface area contributed by atoms with Crippen LogP contribution in [0.4, 0.5) is 5.69 Å². The third kappa shape index (κ3) is 7.07. The zero-order valence-corrected chi connectivity index (χ0v) is 16.8. The van der Waals surface area contributed by atoms with Gasteiger partial charge in [0, 0.05) is 10.7 Å². The Bertz CT molecular complexity index is 1000. The van der Waals surface area contributed by atoms with Crippen LogP contribution in [0.3, 0.4) is 0 Å². The van der Waals surface area contributed by atoms with Crippen LogP contribution in [0.15, 0.2) is 84.0 Å². The first-order chi connectivity index (χ1) is 14.6. The summed E-state index contributed by atoms with van der Waals surface area (Å²) in [4.78, 5) is 23.7. The van der Waals surface area contributed by atoms with Crippen molar-refractivity contribution in [3.8, 4) is 5.75 Å². The number of hydrogen-bond donors (Lipinski definition) is 2. The molecule has 0 bridgehead atoms. The highest BCUT2D eigenvalue weighted by Gasteiger charge is 2.08. The van der Waals surface area contributed by atoms with Gasteiger partial charge in [0.05, 0.1) is 6.21 Å². The Morgan fingerprint density at radius 3 is 2.30 bits per heavy atom. The van der Waals surface area contributed by atoms with Gasteiger partial charge >= 0.3 is 0 Å². The van der Waals surface area contributed by atoms with Crippen molar-refractivity contribution in [3.63, 3.8) is 0 Å². The van der Waals surface area contributed by atoms with E-state index in [1.807, 2.05) is 54.6 Å². The molecule has 0 saturated heterocycles. The number of anilines is 1. The fourth-order valence-electron chi connectivity index (χ4n) is 2.49. The molecule has 0 heterocycles. The first kappa shape index (κ1) is 21.1. The lowest BCUT2D eigenvalue weighted by Gasteiger charge is -2.06. The molecular weight excluding hydrogens is 402 g/mol. The zero-order chi connectivity index (χ0) is 21.2. The minimum absolute atomic E-state index is 0.341. The van der Waals surface area contributed by atoms with Crippen molar-refractivity contribution in [3.05, 3.63) is 95.0 Å². The number of nitrogens with one attached hydrogen (secondary N) is 2. The van der Waals surface area contributed by atoms with Gasteiger partial charge in [0.2, 0.25) is 11.8 Å². The van der Waals surface area contributed by atoms with E-state index in [1.54, 1.807) is 24.3 Å². The maximum absolute atomic E-state index is 11.9. The predicted molar refractivity (Wildman–Crippen MR) is 118 cm³/mol. The van der Waals surface area contributed by atoms with Crippen LogP contribution in [-0.4, -0.2) is 18.0 Å². The number of carbonyl (C=O) groups excluding carboxylic acids is 2. The molecule has 7 heteroatoms. The van der Waals surface area contributed by atoms with Gasteiger partial charge in [-0.25, -0.2) is 5.43 Å². The Hall–Kier alpha value is -3.64. The molecule has 3 aromatic rings. The van der Waals surface area contributed by atoms with E-state index < -0.39 is 11.8 Å². The van der Waals surface area contributed by atoms with Crippen LogP contribution in [0.25, 0.3) is 0 Å². The van der Waals surface area contributed by atoms with Crippen molar-refractivity contribution < 1.29 is 14.3 Å². The Morgan fingerprint density at radius 1 is 0.900 bits per heavy atom. The maximum atomic E-state index is 11.9.